The van der Waals surface area contributed by atoms with Crippen molar-refractivity contribution in [1.29, 1.82) is 0 Å². The maximum Gasteiger partial charge on any atom is 0.123 e. The van der Waals surface area contributed by atoms with E-state index in [0.717, 1.165) is 11.1 Å². The molecule has 0 aliphatic carbocycles. The number of hydrogen-bond donors (Lipinski definition) is 0. The van der Waals surface area contributed by atoms with Crippen LogP contribution < -0.4 is 0 Å². The van der Waals surface area contributed by atoms with Crippen LogP contribution in [0, 0.1) is 5.82 Å². The number of rotatable bonds is 2. The standard InChI is InChI=1S/C10H10BrF/c1-3-8-4-5-9(12)6-10(8)7(2)11/h3-7H,1H2,2H3. The van der Waals surface area contributed by atoms with Gasteiger partial charge in [-0.15, -0.1) is 0 Å². The molecular weight excluding hydrogens is 219 g/mol. The van der Waals surface area contributed by atoms with Crippen molar-refractivity contribution in [3.05, 3.63) is 41.7 Å². The number of alkyl halides is 1. The second-order valence-electron chi connectivity index (χ2n) is 2.59. The summed E-state index contributed by atoms with van der Waals surface area (Å²) >= 11 is 3.39. The van der Waals surface area contributed by atoms with Gasteiger partial charge in [0.25, 0.3) is 0 Å². The Balaban J connectivity index is 3.21. The van der Waals surface area contributed by atoms with E-state index >= 15 is 0 Å². The van der Waals surface area contributed by atoms with E-state index in [9.17, 15) is 4.39 Å². The zero-order valence-electron chi connectivity index (χ0n) is 6.85. The Bertz CT molecular complexity index is 292. The molecule has 0 N–H and O–H groups in total. The van der Waals surface area contributed by atoms with Gasteiger partial charge in [-0.2, -0.15) is 0 Å². The van der Waals surface area contributed by atoms with Gasteiger partial charge in [0.15, 0.2) is 0 Å². The molecule has 0 aromatic heterocycles. The van der Waals surface area contributed by atoms with E-state index in [-0.39, 0.29) is 10.6 Å². The Hall–Kier alpha value is -0.630. The number of benzene rings is 1. The third-order valence-corrected chi connectivity index (χ3v) is 2.19. The highest BCUT2D eigenvalue weighted by molar-refractivity contribution is 9.09. The van der Waals surface area contributed by atoms with E-state index in [1.165, 1.54) is 12.1 Å². The maximum absolute atomic E-state index is 12.8. The van der Waals surface area contributed by atoms with Gasteiger partial charge >= 0.3 is 0 Å². The van der Waals surface area contributed by atoms with Crippen LogP contribution in [0.5, 0.6) is 0 Å². The van der Waals surface area contributed by atoms with Crippen molar-refractivity contribution in [2.24, 2.45) is 0 Å². The first-order chi connectivity index (χ1) is 5.65. The fourth-order valence-corrected chi connectivity index (χ4v) is 1.47. The highest BCUT2D eigenvalue weighted by Gasteiger charge is 2.05. The van der Waals surface area contributed by atoms with Gasteiger partial charge in [-0.05, 0) is 30.2 Å². The molecular formula is C10H10BrF. The molecule has 1 aromatic carbocycles. The average molecular weight is 229 g/mol. The molecule has 0 radical (unpaired) electrons. The molecule has 0 aliphatic rings. The molecule has 1 rings (SSSR count). The van der Waals surface area contributed by atoms with Crippen LogP contribution in [-0.4, -0.2) is 0 Å². The van der Waals surface area contributed by atoms with Crippen LogP contribution in [0.25, 0.3) is 6.08 Å². The number of halogens is 2. The van der Waals surface area contributed by atoms with Gasteiger partial charge < -0.3 is 0 Å². The van der Waals surface area contributed by atoms with Gasteiger partial charge in [-0.25, -0.2) is 4.39 Å². The van der Waals surface area contributed by atoms with Crippen molar-refractivity contribution >= 4 is 22.0 Å². The zero-order valence-corrected chi connectivity index (χ0v) is 8.44. The van der Waals surface area contributed by atoms with Crippen molar-refractivity contribution in [3.8, 4) is 0 Å². The molecule has 2 heteroatoms. The Morgan fingerprint density at radius 1 is 1.58 bits per heavy atom. The van der Waals surface area contributed by atoms with Crippen LogP contribution >= 0.6 is 15.9 Å². The summed E-state index contributed by atoms with van der Waals surface area (Å²) in [6.07, 6.45) is 1.73. The molecule has 64 valence electrons. The Labute approximate surface area is 80.2 Å². The largest absolute Gasteiger partial charge is 0.207 e. The summed E-state index contributed by atoms with van der Waals surface area (Å²) in [5, 5.41) is 0. The fourth-order valence-electron chi connectivity index (χ4n) is 1.08. The lowest BCUT2D eigenvalue weighted by Gasteiger charge is -2.07. The van der Waals surface area contributed by atoms with E-state index in [4.69, 9.17) is 0 Å². The van der Waals surface area contributed by atoms with Gasteiger partial charge in [0.1, 0.15) is 5.82 Å². The minimum atomic E-state index is -0.207. The summed E-state index contributed by atoms with van der Waals surface area (Å²) in [5.41, 5.74) is 1.91. The molecule has 0 saturated heterocycles. The van der Waals surface area contributed by atoms with Crippen LogP contribution in [0.1, 0.15) is 22.9 Å². The third-order valence-electron chi connectivity index (χ3n) is 1.70. The predicted octanol–water partition coefficient (Wildman–Crippen LogP) is 3.92. The molecule has 1 atom stereocenters. The van der Waals surface area contributed by atoms with Gasteiger partial charge in [0.2, 0.25) is 0 Å². The molecule has 0 nitrogen and oxygen atoms in total. The van der Waals surface area contributed by atoms with E-state index in [1.54, 1.807) is 12.1 Å². The van der Waals surface area contributed by atoms with Gasteiger partial charge in [-0.3, -0.25) is 0 Å². The van der Waals surface area contributed by atoms with Crippen LogP contribution in [-0.2, 0) is 0 Å². The summed E-state index contributed by atoms with van der Waals surface area (Å²) in [5.74, 6) is -0.207. The second-order valence-corrected chi connectivity index (χ2v) is 3.97. The Morgan fingerprint density at radius 2 is 2.25 bits per heavy atom. The quantitative estimate of drug-likeness (QED) is 0.674. The van der Waals surface area contributed by atoms with Crippen LogP contribution in [0.4, 0.5) is 4.39 Å². The SMILES string of the molecule is C=Cc1ccc(F)cc1C(C)Br. The lowest BCUT2D eigenvalue weighted by atomic mass is 10.1. The van der Waals surface area contributed by atoms with Crippen LogP contribution in [0.3, 0.4) is 0 Å². The molecule has 0 saturated carbocycles. The maximum atomic E-state index is 12.8. The van der Waals surface area contributed by atoms with E-state index < -0.39 is 0 Å². The molecule has 0 aliphatic heterocycles. The minimum absolute atomic E-state index is 0.154. The first kappa shape index (κ1) is 9.46. The van der Waals surface area contributed by atoms with Crippen molar-refractivity contribution in [2.75, 3.05) is 0 Å². The summed E-state index contributed by atoms with van der Waals surface area (Å²) in [7, 11) is 0. The smallest absolute Gasteiger partial charge is 0.123 e. The minimum Gasteiger partial charge on any atom is -0.207 e. The molecule has 0 spiro atoms. The first-order valence-corrected chi connectivity index (χ1v) is 4.62. The monoisotopic (exact) mass is 228 g/mol. The topological polar surface area (TPSA) is 0 Å². The zero-order chi connectivity index (χ0) is 9.14. The molecule has 1 unspecified atom stereocenters. The first-order valence-electron chi connectivity index (χ1n) is 3.71. The van der Waals surface area contributed by atoms with E-state index in [1.807, 2.05) is 6.92 Å². The highest BCUT2D eigenvalue weighted by atomic mass is 79.9. The van der Waals surface area contributed by atoms with Crippen molar-refractivity contribution in [3.63, 3.8) is 0 Å². The summed E-state index contributed by atoms with van der Waals surface area (Å²) in [4.78, 5) is 0.154. The molecule has 0 heterocycles. The predicted molar refractivity (Wildman–Crippen MR) is 53.8 cm³/mol. The molecule has 0 amide bonds. The third kappa shape index (κ3) is 1.95. The Morgan fingerprint density at radius 3 is 2.75 bits per heavy atom. The molecule has 1 aromatic rings. The number of hydrogen-bond acceptors (Lipinski definition) is 0. The normalized spacial score (nSPS) is 12.6. The van der Waals surface area contributed by atoms with Crippen LogP contribution in [0.15, 0.2) is 24.8 Å². The van der Waals surface area contributed by atoms with Crippen LogP contribution in [0.2, 0.25) is 0 Å². The van der Waals surface area contributed by atoms with Crippen molar-refractivity contribution < 1.29 is 4.39 Å². The highest BCUT2D eigenvalue weighted by Crippen LogP contribution is 2.26. The summed E-state index contributed by atoms with van der Waals surface area (Å²) in [6, 6.07) is 4.70. The Kier molecular flexibility index (Phi) is 3.04. The van der Waals surface area contributed by atoms with E-state index in [2.05, 4.69) is 22.5 Å². The molecule has 0 bridgehead atoms. The van der Waals surface area contributed by atoms with Crippen molar-refractivity contribution in [2.45, 2.75) is 11.8 Å². The molecule has 0 fully saturated rings. The second kappa shape index (κ2) is 3.85. The van der Waals surface area contributed by atoms with Gasteiger partial charge in [0, 0.05) is 4.83 Å². The van der Waals surface area contributed by atoms with E-state index in [0.29, 0.717) is 0 Å². The van der Waals surface area contributed by atoms with Gasteiger partial charge in [-0.1, -0.05) is 34.7 Å². The fraction of sp³-hybridized carbons (Fsp3) is 0.200. The van der Waals surface area contributed by atoms with Crippen molar-refractivity contribution in [1.82, 2.24) is 0 Å². The lowest BCUT2D eigenvalue weighted by Crippen LogP contribution is -1.90. The summed E-state index contributed by atoms with van der Waals surface area (Å²) in [6.45, 7) is 5.62. The van der Waals surface area contributed by atoms with Gasteiger partial charge in [0.05, 0.1) is 0 Å². The lowest BCUT2D eigenvalue weighted by molar-refractivity contribution is 0.625. The molecule has 12 heavy (non-hydrogen) atoms. The summed E-state index contributed by atoms with van der Waals surface area (Å²) < 4.78 is 12.8. The average Bonchev–Trinajstić information content (AvgIpc) is 2.04.